The molecule has 0 unspecified atom stereocenters. The van der Waals surface area contributed by atoms with Gasteiger partial charge < -0.3 is 23.7 Å². The monoisotopic (exact) mass is 622 g/mol. The fourth-order valence-corrected chi connectivity index (χ4v) is 7.95. The van der Waals surface area contributed by atoms with Gasteiger partial charge in [-0.25, -0.2) is 0 Å². The van der Waals surface area contributed by atoms with Crippen LogP contribution in [-0.4, -0.2) is 71.2 Å². The topological polar surface area (TPSA) is 69.7 Å². The molecule has 8 heteroatoms. The molecule has 4 aliphatic rings. The van der Waals surface area contributed by atoms with Crippen LogP contribution in [0.3, 0.4) is 0 Å². The lowest BCUT2D eigenvalue weighted by Crippen LogP contribution is -2.33. The second kappa shape index (κ2) is 11.8. The zero-order valence-electron chi connectivity index (χ0n) is 27.5. The van der Waals surface area contributed by atoms with E-state index in [1.165, 1.54) is 27.8 Å². The summed E-state index contributed by atoms with van der Waals surface area (Å²) in [4.78, 5) is 18.0. The van der Waals surface area contributed by atoms with Gasteiger partial charge in [-0.05, 0) is 110 Å². The third-order valence-electron chi connectivity index (χ3n) is 10.4. The molecule has 0 N–H and O–H groups in total. The highest BCUT2D eigenvalue weighted by Gasteiger charge is 2.50. The third kappa shape index (κ3) is 4.95. The molecule has 240 valence electrons. The minimum absolute atomic E-state index is 0.144. The normalized spacial score (nSPS) is 23.5. The van der Waals surface area contributed by atoms with Crippen LogP contribution >= 0.6 is 0 Å². The maximum absolute atomic E-state index is 13.2. The van der Waals surface area contributed by atoms with Gasteiger partial charge in [0.05, 0.1) is 28.4 Å². The summed E-state index contributed by atoms with van der Waals surface area (Å²) in [5.74, 6) is 3.78. The van der Waals surface area contributed by atoms with Gasteiger partial charge in [-0.1, -0.05) is 18.2 Å². The van der Waals surface area contributed by atoms with Gasteiger partial charge in [-0.15, -0.1) is 0 Å². The Morgan fingerprint density at radius 2 is 1.50 bits per heavy atom. The number of hydrogen-bond acceptors (Lipinski definition) is 8. The van der Waals surface area contributed by atoms with Crippen molar-refractivity contribution in [2.45, 2.75) is 43.2 Å². The van der Waals surface area contributed by atoms with Gasteiger partial charge in [-0.3, -0.25) is 14.6 Å². The van der Waals surface area contributed by atoms with E-state index in [-0.39, 0.29) is 17.9 Å². The van der Waals surface area contributed by atoms with E-state index in [2.05, 4.69) is 54.2 Å². The van der Waals surface area contributed by atoms with E-state index < -0.39 is 5.41 Å². The molecule has 0 amide bonds. The molecule has 0 saturated carbocycles. The van der Waals surface area contributed by atoms with Gasteiger partial charge >= 0.3 is 0 Å². The number of ketones is 1. The Labute approximate surface area is 271 Å². The molecule has 7 rings (SSSR count). The predicted octanol–water partition coefficient (Wildman–Crippen LogP) is 5.77. The van der Waals surface area contributed by atoms with Gasteiger partial charge in [0.15, 0.2) is 28.8 Å². The van der Waals surface area contributed by atoms with E-state index in [9.17, 15) is 4.79 Å². The molecule has 3 aromatic rings. The van der Waals surface area contributed by atoms with Gasteiger partial charge in [0.25, 0.3) is 0 Å². The number of likely N-dealkylation sites (N-methyl/N-ethyl adjacent to an activating group) is 2. The standard InChI is InChI=1S/C38H42N2O6/c1-39-15-12-24-18-31(42-3)32(43-4)20-27(24)28(39)17-23-7-9-26(10-8-23)46-34-22-38(14-11-30(34)41)21-29-35-25(13-16-40(29)2)19-33(44-5)37(45-6)36(35)38/h7-11,14,18-20,22,28-29H,12-13,15-17,21H2,1-6H3/t28-,29-,38+/m1/s1. The largest absolute Gasteiger partial charge is 0.493 e. The summed E-state index contributed by atoms with van der Waals surface area (Å²) in [6, 6.07) is 14.9. The number of carbonyl (C=O) groups is 1. The van der Waals surface area contributed by atoms with E-state index in [0.717, 1.165) is 67.3 Å². The Morgan fingerprint density at radius 1 is 0.826 bits per heavy atom. The second-order valence-electron chi connectivity index (χ2n) is 12.9. The number of nitrogens with zero attached hydrogens (tertiary/aromatic N) is 2. The number of hydrogen-bond donors (Lipinski definition) is 0. The molecular weight excluding hydrogens is 580 g/mol. The summed E-state index contributed by atoms with van der Waals surface area (Å²) in [7, 11) is 11.1. The number of allylic oxidation sites excluding steroid dienone is 3. The first kappa shape index (κ1) is 30.4. The molecule has 2 aliphatic heterocycles. The Hall–Kier alpha value is -4.27. The van der Waals surface area contributed by atoms with Crippen LogP contribution in [0.5, 0.6) is 28.7 Å². The molecule has 46 heavy (non-hydrogen) atoms. The van der Waals surface area contributed by atoms with Crippen LogP contribution in [0.25, 0.3) is 0 Å². The summed E-state index contributed by atoms with van der Waals surface area (Å²) in [6.07, 6.45) is 9.24. The average Bonchev–Trinajstić information content (AvgIpc) is 3.41. The quantitative estimate of drug-likeness (QED) is 0.314. The molecule has 3 atom stereocenters. The molecule has 2 heterocycles. The molecule has 2 aliphatic carbocycles. The maximum Gasteiger partial charge on any atom is 0.220 e. The summed E-state index contributed by atoms with van der Waals surface area (Å²) in [6.45, 7) is 1.94. The van der Waals surface area contributed by atoms with Gasteiger partial charge in [0.2, 0.25) is 5.78 Å². The zero-order chi connectivity index (χ0) is 32.2. The second-order valence-corrected chi connectivity index (χ2v) is 12.9. The highest BCUT2D eigenvalue weighted by atomic mass is 16.5. The number of benzene rings is 3. The van der Waals surface area contributed by atoms with Crippen molar-refractivity contribution in [1.82, 2.24) is 9.80 Å². The first-order chi connectivity index (χ1) is 22.3. The molecule has 3 aromatic carbocycles. The van der Waals surface area contributed by atoms with Crippen LogP contribution in [0.2, 0.25) is 0 Å². The minimum atomic E-state index is -0.543. The van der Waals surface area contributed by atoms with E-state index >= 15 is 0 Å². The molecule has 8 nitrogen and oxygen atoms in total. The molecular formula is C38H42N2O6. The smallest absolute Gasteiger partial charge is 0.220 e. The lowest BCUT2D eigenvalue weighted by atomic mass is 9.77. The van der Waals surface area contributed by atoms with Gasteiger partial charge in [-0.2, -0.15) is 0 Å². The van der Waals surface area contributed by atoms with Crippen LogP contribution in [0, 0.1) is 0 Å². The van der Waals surface area contributed by atoms with Crippen molar-refractivity contribution in [3.05, 3.63) is 99.8 Å². The van der Waals surface area contributed by atoms with E-state index in [4.69, 9.17) is 23.7 Å². The van der Waals surface area contributed by atoms with Crippen molar-refractivity contribution in [3.63, 3.8) is 0 Å². The zero-order valence-corrected chi connectivity index (χ0v) is 27.5. The lowest BCUT2D eigenvalue weighted by Gasteiger charge is -2.35. The minimum Gasteiger partial charge on any atom is -0.493 e. The van der Waals surface area contributed by atoms with Crippen molar-refractivity contribution < 1.29 is 28.5 Å². The molecule has 0 aromatic heterocycles. The van der Waals surface area contributed by atoms with Crippen LogP contribution in [0.15, 0.2) is 66.5 Å². The fourth-order valence-electron chi connectivity index (χ4n) is 7.95. The summed E-state index contributed by atoms with van der Waals surface area (Å²) < 4.78 is 29.3. The molecule has 0 radical (unpaired) electrons. The molecule has 0 saturated heterocycles. The van der Waals surface area contributed by atoms with Crippen molar-refractivity contribution in [2.24, 2.45) is 0 Å². The van der Waals surface area contributed by atoms with Crippen LogP contribution < -0.4 is 23.7 Å². The predicted molar refractivity (Wildman–Crippen MR) is 177 cm³/mol. The Morgan fingerprint density at radius 3 is 2.22 bits per heavy atom. The number of carbonyl (C=O) groups excluding carboxylic acids is 1. The third-order valence-corrected chi connectivity index (χ3v) is 10.4. The van der Waals surface area contributed by atoms with Crippen molar-refractivity contribution in [1.29, 1.82) is 0 Å². The Balaban J connectivity index is 1.17. The van der Waals surface area contributed by atoms with Crippen molar-refractivity contribution in [3.8, 4) is 28.7 Å². The Bertz CT molecular complexity index is 1740. The SMILES string of the molecule is COc1cc2c(cc1OC)[C@@H](Cc1ccc(OC3=C[C@]4(C=CC3=O)C[C@@H]3c5c(cc(OC)c(OC)c54)CCN3C)cc1)N(C)CC2. The molecule has 0 bridgehead atoms. The molecule has 1 spiro atoms. The van der Waals surface area contributed by atoms with Crippen LogP contribution in [0.4, 0.5) is 0 Å². The van der Waals surface area contributed by atoms with Crippen LogP contribution in [0.1, 0.15) is 51.9 Å². The fraction of sp³-hybridized carbons (Fsp3) is 0.395. The average molecular weight is 623 g/mol. The van der Waals surface area contributed by atoms with Crippen molar-refractivity contribution >= 4 is 5.78 Å². The maximum atomic E-state index is 13.2. The lowest BCUT2D eigenvalue weighted by molar-refractivity contribution is -0.113. The summed E-state index contributed by atoms with van der Waals surface area (Å²) in [5.41, 5.74) is 6.85. The first-order valence-electron chi connectivity index (χ1n) is 16.0. The van der Waals surface area contributed by atoms with Gasteiger partial charge in [0, 0.05) is 36.2 Å². The summed E-state index contributed by atoms with van der Waals surface area (Å²) in [5, 5.41) is 0. The van der Waals surface area contributed by atoms with Gasteiger partial charge in [0.1, 0.15) is 5.75 Å². The number of fused-ring (bicyclic) bond motifs is 2. The van der Waals surface area contributed by atoms with E-state index in [1.54, 1.807) is 34.5 Å². The number of rotatable bonds is 8. The van der Waals surface area contributed by atoms with E-state index in [1.807, 2.05) is 24.3 Å². The highest BCUT2D eigenvalue weighted by molar-refractivity contribution is 6.04. The number of ether oxygens (including phenoxy) is 5. The highest BCUT2D eigenvalue weighted by Crippen LogP contribution is 2.58. The first-order valence-corrected chi connectivity index (χ1v) is 16.0. The van der Waals surface area contributed by atoms with Crippen molar-refractivity contribution in [2.75, 3.05) is 55.6 Å². The summed E-state index contributed by atoms with van der Waals surface area (Å²) >= 11 is 0. The molecule has 0 fully saturated rings. The Kier molecular flexibility index (Phi) is 7.81. The van der Waals surface area contributed by atoms with Crippen LogP contribution in [-0.2, 0) is 29.5 Å². The number of methoxy groups -OCH3 is 4. The van der Waals surface area contributed by atoms with E-state index in [0.29, 0.717) is 11.5 Å².